The lowest BCUT2D eigenvalue weighted by Crippen LogP contribution is -2.39. The molecule has 0 saturated carbocycles. The number of anilines is 1. The van der Waals surface area contributed by atoms with Crippen molar-refractivity contribution in [3.8, 4) is 0 Å². The molecule has 0 unspecified atom stereocenters. The summed E-state index contributed by atoms with van der Waals surface area (Å²) >= 11 is 1.58. The van der Waals surface area contributed by atoms with Crippen molar-refractivity contribution in [1.82, 2.24) is 19.7 Å². The number of aromatic nitrogens is 3. The Morgan fingerprint density at radius 3 is 2.38 bits per heavy atom. The third-order valence-electron chi connectivity index (χ3n) is 5.03. The van der Waals surface area contributed by atoms with Crippen LogP contribution in [0.4, 0.5) is 5.13 Å². The number of carbonyl (C=O) groups excluding carboxylic acids is 1. The zero-order chi connectivity index (χ0) is 20.4. The van der Waals surface area contributed by atoms with Gasteiger partial charge >= 0.3 is 0 Å². The third-order valence-corrected chi connectivity index (χ3v) is 6.26. The molecular formula is C21H30ClN5OS. The van der Waals surface area contributed by atoms with Gasteiger partial charge in [-0.05, 0) is 51.1 Å². The highest BCUT2D eigenvalue weighted by molar-refractivity contribution is 7.22. The largest absolute Gasteiger partial charge is 0.302 e. The zero-order valence-corrected chi connectivity index (χ0v) is 19.7. The maximum Gasteiger partial charge on any atom is 0.280 e. The quantitative estimate of drug-likeness (QED) is 0.553. The second-order valence-electron chi connectivity index (χ2n) is 7.24. The van der Waals surface area contributed by atoms with E-state index in [-0.39, 0.29) is 18.3 Å². The van der Waals surface area contributed by atoms with Gasteiger partial charge in [0.2, 0.25) is 0 Å². The van der Waals surface area contributed by atoms with Gasteiger partial charge in [0, 0.05) is 31.9 Å². The van der Waals surface area contributed by atoms with Crippen molar-refractivity contribution in [2.24, 2.45) is 7.05 Å². The Labute approximate surface area is 182 Å². The molecule has 0 saturated heterocycles. The Hall–Kier alpha value is -1.96. The van der Waals surface area contributed by atoms with Crippen LogP contribution in [0.3, 0.4) is 0 Å². The second-order valence-corrected chi connectivity index (χ2v) is 8.22. The van der Waals surface area contributed by atoms with Gasteiger partial charge < -0.3 is 4.90 Å². The summed E-state index contributed by atoms with van der Waals surface area (Å²) in [6.07, 6.45) is 1.88. The van der Waals surface area contributed by atoms with E-state index in [1.165, 1.54) is 11.1 Å². The molecule has 0 N–H and O–H groups in total. The first kappa shape index (κ1) is 23.3. The number of halogens is 1. The minimum absolute atomic E-state index is 0. The van der Waals surface area contributed by atoms with E-state index in [0.717, 1.165) is 40.5 Å². The predicted octanol–water partition coefficient (Wildman–Crippen LogP) is 4.37. The Kier molecular flexibility index (Phi) is 7.80. The number of hydrogen-bond acceptors (Lipinski definition) is 5. The first-order valence-corrected chi connectivity index (χ1v) is 10.6. The number of carbonyl (C=O) groups is 1. The fourth-order valence-electron chi connectivity index (χ4n) is 3.49. The summed E-state index contributed by atoms with van der Waals surface area (Å²) in [5, 5.41) is 5.14. The van der Waals surface area contributed by atoms with Gasteiger partial charge in [-0.1, -0.05) is 31.3 Å². The molecule has 3 rings (SSSR count). The highest BCUT2D eigenvalue weighted by Gasteiger charge is 2.25. The maximum absolute atomic E-state index is 13.4. The molecule has 0 fully saturated rings. The van der Waals surface area contributed by atoms with E-state index in [1.807, 2.05) is 20.2 Å². The molecule has 1 aromatic carbocycles. The van der Waals surface area contributed by atoms with E-state index in [4.69, 9.17) is 4.98 Å². The van der Waals surface area contributed by atoms with Gasteiger partial charge in [-0.25, -0.2) is 4.98 Å². The van der Waals surface area contributed by atoms with Crippen LogP contribution in [0.15, 0.2) is 18.3 Å². The molecule has 2 aromatic heterocycles. The van der Waals surface area contributed by atoms with Crippen LogP contribution in [0.25, 0.3) is 10.2 Å². The molecule has 0 aliphatic carbocycles. The number of fused-ring (bicyclic) bond motifs is 1. The van der Waals surface area contributed by atoms with E-state index >= 15 is 0 Å². The third kappa shape index (κ3) is 4.97. The fourth-order valence-corrected chi connectivity index (χ4v) is 4.53. The van der Waals surface area contributed by atoms with Gasteiger partial charge in [-0.2, -0.15) is 5.10 Å². The second kappa shape index (κ2) is 9.69. The van der Waals surface area contributed by atoms with E-state index < -0.39 is 0 Å². The molecule has 0 aliphatic rings. The number of benzene rings is 1. The Morgan fingerprint density at radius 1 is 1.10 bits per heavy atom. The average Bonchev–Trinajstić information content (AvgIpc) is 3.21. The zero-order valence-electron chi connectivity index (χ0n) is 18.0. The van der Waals surface area contributed by atoms with E-state index in [9.17, 15) is 4.79 Å². The fraction of sp³-hybridized carbons (Fsp3) is 0.476. The Balaban J connectivity index is 0.00000300. The normalized spacial score (nSPS) is 11.1. The standard InChI is InChI=1S/C21H29N5OS.ClH/c1-7-25(8-2)9-10-26(20(27)18-16(5)13-24(6)23-18)21-22-17-12-14(3)11-15(4)19(17)28-21;/h11-13H,7-10H2,1-6H3;1H. The molecule has 0 radical (unpaired) electrons. The van der Waals surface area contributed by atoms with Crippen molar-refractivity contribution in [3.05, 3.63) is 40.7 Å². The molecule has 2 heterocycles. The van der Waals surface area contributed by atoms with Crippen molar-refractivity contribution >= 4 is 45.0 Å². The van der Waals surface area contributed by atoms with Crippen LogP contribution in [-0.2, 0) is 7.05 Å². The predicted molar refractivity (Wildman–Crippen MR) is 124 cm³/mol. The van der Waals surface area contributed by atoms with Crippen LogP contribution in [0, 0.1) is 20.8 Å². The number of amides is 1. The van der Waals surface area contributed by atoms with Crippen molar-refractivity contribution in [3.63, 3.8) is 0 Å². The number of thiazole rings is 1. The van der Waals surface area contributed by atoms with Gasteiger partial charge in [0.25, 0.3) is 5.91 Å². The van der Waals surface area contributed by atoms with Crippen LogP contribution in [-0.4, -0.2) is 51.8 Å². The first-order valence-electron chi connectivity index (χ1n) is 9.76. The minimum Gasteiger partial charge on any atom is -0.302 e. The monoisotopic (exact) mass is 435 g/mol. The number of aryl methyl sites for hydroxylation is 4. The van der Waals surface area contributed by atoms with Crippen LogP contribution in [0.5, 0.6) is 0 Å². The summed E-state index contributed by atoms with van der Waals surface area (Å²) in [4.78, 5) is 22.3. The molecule has 0 atom stereocenters. The first-order chi connectivity index (χ1) is 13.3. The van der Waals surface area contributed by atoms with E-state index in [2.05, 4.69) is 49.8 Å². The van der Waals surface area contributed by atoms with Gasteiger partial charge in [0.05, 0.1) is 10.2 Å². The molecule has 158 valence electrons. The molecule has 3 aromatic rings. The van der Waals surface area contributed by atoms with Crippen LogP contribution in [0.1, 0.15) is 41.0 Å². The van der Waals surface area contributed by atoms with Crippen LogP contribution < -0.4 is 4.90 Å². The number of hydrogen-bond donors (Lipinski definition) is 0. The van der Waals surface area contributed by atoms with Crippen molar-refractivity contribution in [2.45, 2.75) is 34.6 Å². The average molecular weight is 436 g/mol. The SMILES string of the molecule is CCN(CC)CCN(C(=O)c1nn(C)cc1C)c1nc2cc(C)cc(C)c2s1.Cl. The van der Waals surface area contributed by atoms with E-state index in [0.29, 0.717) is 12.2 Å². The Morgan fingerprint density at radius 2 is 1.79 bits per heavy atom. The summed E-state index contributed by atoms with van der Waals surface area (Å²) < 4.78 is 2.83. The summed E-state index contributed by atoms with van der Waals surface area (Å²) in [5.74, 6) is -0.0845. The number of nitrogens with zero attached hydrogens (tertiary/aromatic N) is 5. The molecule has 1 amide bonds. The summed E-state index contributed by atoms with van der Waals surface area (Å²) in [7, 11) is 1.84. The van der Waals surface area contributed by atoms with Crippen LogP contribution >= 0.6 is 23.7 Å². The lowest BCUT2D eigenvalue weighted by molar-refractivity contribution is 0.0977. The van der Waals surface area contributed by atoms with Gasteiger partial charge in [0.15, 0.2) is 10.8 Å². The van der Waals surface area contributed by atoms with Crippen LogP contribution in [0.2, 0.25) is 0 Å². The number of likely N-dealkylation sites (N-methyl/N-ethyl adjacent to an activating group) is 1. The van der Waals surface area contributed by atoms with Gasteiger partial charge in [-0.15, -0.1) is 12.4 Å². The van der Waals surface area contributed by atoms with Gasteiger partial charge in [-0.3, -0.25) is 14.4 Å². The summed E-state index contributed by atoms with van der Waals surface area (Å²) in [6.45, 7) is 13.7. The topological polar surface area (TPSA) is 54.3 Å². The van der Waals surface area contributed by atoms with E-state index in [1.54, 1.807) is 20.9 Å². The molecule has 6 nitrogen and oxygen atoms in total. The maximum atomic E-state index is 13.4. The molecule has 0 spiro atoms. The summed E-state index contributed by atoms with van der Waals surface area (Å²) in [5.41, 5.74) is 4.71. The molecule has 0 aliphatic heterocycles. The lowest BCUT2D eigenvalue weighted by atomic mass is 10.1. The smallest absolute Gasteiger partial charge is 0.280 e. The van der Waals surface area contributed by atoms with Crippen molar-refractivity contribution in [2.75, 3.05) is 31.1 Å². The molecule has 29 heavy (non-hydrogen) atoms. The lowest BCUT2D eigenvalue weighted by Gasteiger charge is -2.24. The molecule has 0 bridgehead atoms. The van der Waals surface area contributed by atoms with Crippen molar-refractivity contribution < 1.29 is 4.79 Å². The number of rotatable bonds is 7. The van der Waals surface area contributed by atoms with Crippen molar-refractivity contribution in [1.29, 1.82) is 0 Å². The minimum atomic E-state index is -0.0845. The van der Waals surface area contributed by atoms with Gasteiger partial charge in [0.1, 0.15) is 0 Å². The Bertz CT molecular complexity index is 993. The molecular weight excluding hydrogens is 406 g/mol. The highest BCUT2D eigenvalue weighted by atomic mass is 35.5. The highest BCUT2D eigenvalue weighted by Crippen LogP contribution is 2.32. The molecule has 8 heteroatoms. The summed E-state index contributed by atoms with van der Waals surface area (Å²) in [6, 6.07) is 4.25.